The molecular formula is C19H25N3O2. The summed E-state index contributed by atoms with van der Waals surface area (Å²) in [7, 11) is 0. The summed E-state index contributed by atoms with van der Waals surface area (Å²) in [5, 5.41) is 4.19. The number of aryl methyl sites for hydroxylation is 1. The molecule has 2 aliphatic rings. The highest BCUT2D eigenvalue weighted by Crippen LogP contribution is 2.41. The number of hydrogen-bond acceptors (Lipinski definition) is 5. The molecule has 0 N–H and O–H groups in total. The van der Waals surface area contributed by atoms with Crippen LogP contribution in [0.4, 0.5) is 0 Å². The van der Waals surface area contributed by atoms with Crippen LogP contribution in [-0.4, -0.2) is 34.7 Å². The molecule has 24 heavy (non-hydrogen) atoms. The zero-order valence-corrected chi connectivity index (χ0v) is 14.4. The van der Waals surface area contributed by atoms with Crippen LogP contribution in [0.2, 0.25) is 0 Å². The number of rotatable bonds is 5. The molecule has 0 spiro atoms. The molecule has 1 aromatic heterocycles. The van der Waals surface area contributed by atoms with Crippen LogP contribution in [-0.2, 0) is 11.3 Å². The first kappa shape index (κ1) is 15.8. The summed E-state index contributed by atoms with van der Waals surface area (Å²) in [4.78, 5) is 7.04. The molecule has 1 saturated carbocycles. The summed E-state index contributed by atoms with van der Waals surface area (Å²) in [5.41, 5.74) is 2.70. The standard InChI is InChI=1S/C19H25N3O2/c1-13-5-3-4-6-16(13)11-22-9-10-23-17(12-22)18-20-19(24-21-18)14(2)15-7-8-15/h3-6,14-15,17H,7-12H2,1-2H3. The minimum Gasteiger partial charge on any atom is -0.367 e. The van der Waals surface area contributed by atoms with Crippen LogP contribution in [0.3, 0.4) is 0 Å². The zero-order chi connectivity index (χ0) is 16.5. The van der Waals surface area contributed by atoms with Crippen molar-refractivity contribution in [2.45, 2.75) is 45.3 Å². The normalized spacial score (nSPS) is 23.3. The first-order valence-electron chi connectivity index (χ1n) is 8.92. The van der Waals surface area contributed by atoms with Crippen LogP contribution in [0, 0.1) is 12.8 Å². The van der Waals surface area contributed by atoms with Gasteiger partial charge in [-0.15, -0.1) is 0 Å². The van der Waals surface area contributed by atoms with Gasteiger partial charge in [0.1, 0.15) is 6.10 Å². The van der Waals surface area contributed by atoms with Gasteiger partial charge in [0.05, 0.1) is 6.61 Å². The predicted molar refractivity (Wildman–Crippen MR) is 90.6 cm³/mol. The van der Waals surface area contributed by atoms with E-state index in [1.807, 2.05) is 0 Å². The van der Waals surface area contributed by atoms with Crippen molar-refractivity contribution in [2.75, 3.05) is 19.7 Å². The van der Waals surface area contributed by atoms with Crippen LogP contribution in [0.15, 0.2) is 28.8 Å². The van der Waals surface area contributed by atoms with Crippen LogP contribution in [0.1, 0.15) is 54.6 Å². The molecule has 2 heterocycles. The minimum absolute atomic E-state index is 0.0910. The summed E-state index contributed by atoms with van der Waals surface area (Å²) in [5.74, 6) is 2.57. The second-order valence-corrected chi connectivity index (χ2v) is 7.14. The second-order valence-electron chi connectivity index (χ2n) is 7.14. The maximum absolute atomic E-state index is 5.90. The number of morpholine rings is 1. The fraction of sp³-hybridized carbons (Fsp3) is 0.579. The van der Waals surface area contributed by atoms with Crippen molar-refractivity contribution in [1.29, 1.82) is 0 Å². The van der Waals surface area contributed by atoms with Gasteiger partial charge < -0.3 is 9.26 Å². The van der Waals surface area contributed by atoms with E-state index in [0.717, 1.165) is 31.4 Å². The van der Waals surface area contributed by atoms with E-state index in [1.54, 1.807) is 0 Å². The van der Waals surface area contributed by atoms with E-state index >= 15 is 0 Å². The predicted octanol–water partition coefficient (Wildman–Crippen LogP) is 3.47. The molecule has 128 valence electrons. The van der Waals surface area contributed by atoms with Crippen molar-refractivity contribution in [3.63, 3.8) is 0 Å². The Morgan fingerprint density at radius 3 is 2.92 bits per heavy atom. The molecule has 1 aliphatic heterocycles. The van der Waals surface area contributed by atoms with Gasteiger partial charge >= 0.3 is 0 Å². The number of ether oxygens (including phenoxy) is 1. The lowest BCUT2D eigenvalue weighted by molar-refractivity contribution is -0.0381. The smallest absolute Gasteiger partial charge is 0.229 e. The van der Waals surface area contributed by atoms with Crippen molar-refractivity contribution in [1.82, 2.24) is 15.0 Å². The molecule has 5 nitrogen and oxygen atoms in total. The highest BCUT2D eigenvalue weighted by atomic mass is 16.5. The Balaban J connectivity index is 1.42. The molecule has 1 aromatic carbocycles. The lowest BCUT2D eigenvalue weighted by Gasteiger charge is -2.31. The lowest BCUT2D eigenvalue weighted by Crippen LogP contribution is -2.38. The lowest BCUT2D eigenvalue weighted by atomic mass is 10.1. The Kier molecular flexibility index (Phi) is 4.37. The molecule has 1 aliphatic carbocycles. The van der Waals surface area contributed by atoms with Gasteiger partial charge in [-0.05, 0) is 36.8 Å². The molecule has 0 radical (unpaired) electrons. The van der Waals surface area contributed by atoms with Crippen molar-refractivity contribution in [3.05, 3.63) is 47.1 Å². The van der Waals surface area contributed by atoms with Gasteiger partial charge in [-0.25, -0.2) is 0 Å². The third-order valence-corrected chi connectivity index (χ3v) is 5.27. The Morgan fingerprint density at radius 1 is 1.29 bits per heavy atom. The third-order valence-electron chi connectivity index (χ3n) is 5.27. The second kappa shape index (κ2) is 6.65. The Hall–Kier alpha value is -1.72. The van der Waals surface area contributed by atoms with E-state index < -0.39 is 0 Å². The summed E-state index contributed by atoms with van der Waals surface area (Å²) in [6.07, 6.45) is 2.47. The number of nitrogens with zero attached hydrogens (tertiary/aromatic N) is 3. The monoisotopic (exact) mass is 327 g/mol. The summed E-state index contributed by atoms with van der Waals surface area (Å²) < 4.78 is 11.4. The zero-order valence-electron chi connectivity index (χ0n) is 14.4. The average molecular weight is 327 g/mol. The molecule has 1 saturated heterocycles. The molecule has 2 atom stereocenters. The highest BCUT2D eigenvalue weighted by Gasteiger charge is 2.34. The van der Waals surface area contributed by atoms with Crippen molar-refractivity contribution in [3.8, 4) is 0 Å². The summed E-state index contributed by atoms with van der Waals surface area (Å²) in [6, 6.07) is 8.55. The van der Waals surface area contributed by atoms with E-state index in [-0.39, 0.29) is 6.10 Å². The van der Waals surface area contributed by atoms with Gasteiger partial charge in [0.2, 0.25) is 11.7 Å². The highest BCUT2D eigenvalue weighted by molar-refractivity contribution is 5.25. The quantitative estimate of drug-likeness (QED) is 0.842. The fourth-order valence-electron chi connectivity index (χ4n) is 3.39. The van der Waals surface area contributed by atoms with Crippen LogP contribution < -0.4 is 0 Å². The summed E-state index contributed by atoms with van der Waals surface area (Å²) >= 11 is 0. The maximum atomic E-state index is 5.90. The van der Waals surface area contributed by atoms with E-state index in [1.165, 1.54) is 24.0 Å². The van der Waals surface area contributed by atoms with Crippen molar-refractivity contribution in [2.24, 2.45) is 5.92 Å². The number of aromatic nitrogens is 2. The van der Waals surface area contributed by atoms with Gasteiger partial charge in [0, 0.05) is 25.6 Å². The molecule has 2 fully saturated rings. The van der Waals surface area contributed by atoms with Gasteiger partial charge in [0.15, 0.2) is 0 Å². The average Bonchev–Trinajstić information content (AvgIpc) is 3.33. The molecule has 4 rings (SSSR count). The van der Waals surface area contributed by atoms with Crippen LogP contribution in [0.5, 0.6) is 0 Å². The number of hydrogen-bond donors (Lipinski definition) is 0. The largest absolute Gasteiger partial charge is 0.367 e. The van der Waals surface area contributed by atoms with Gasteiger partial charge in [-0.2, -0.15) is 4.98 Å². The molecule has 2 aromatic rings. The third kappa shape index (κ3) is 3.37. The molecule has 5 heteroatoms. The van der Waals surface area contributed by atoms with E-state index in [4.69, 9.17) is 9.26 Å². The topological polar surface area (TPSA) is 51.4 Å². The Bertz CT molecular complexity index is 695. The van der Waals surface area contributed by atoms with Crippen molar-refractivity contribution >= 4 is 0 Å². The van der Waals surface area contributed by atoms with Crippen LogP contribution >= 0.6 is 0 Å². The SMILES string of the molecule is Cc1ccccc1CN1CCOC(c2noc(C(C)C3CC3)n2)C1. The molecule has 0 amide bonds. The van der Waals surface area contributed by atoms with E-state index in [2.05, 4.69) is 53.2 Å². The Labute approximate surface area is 143 Å². The Morgan fingerprint density at radius 2 is 2.12 bits per heavy atom. The summed E-state index contributed by atoms with van der Waals surface area (Å²) in [6.45, 7) is 7.74. The van der Waals surface area contributed by atoms with E-state index in [9.17, 15) is 0 Å². The first-order valence-corrected chi connectivity index (χ1v) is 8.92. The van der Waals surface area contributed by atoms with Crippen LogP contribution in [0.25, 0.3) is 0 Å². The molecule has 0 bridgehead atoms. The molecular weight excluding hydrogens is 302 g/mol. The number of benzene rings is 1. The first-order chi connectivity index (χ1) is 11.7. The van der Waals surface area contributed by atoms with Gasteiger partial charge in [0.25, 0.3) is 0 Å². The maximum Gasteiger partial charge on any atom is 0.229 e. The molecule has 2 unspecified atom stereocenters. The van der Waals surface area contributed by atoms with Crippen molar-refractivity contribution < 1.29 is 9.26 Å². The minimum atomic E-state index is -0.0910. The van der Waals surface area contributed by atoms with Gasteiger partial charge in [-0.3, -0.25) is 4.90 Å². The van der Waals surface area contributed by atoms with Gasteiger partial charge in [-0.1, -0.05) is 36.3 Å². The van der Waals surface area contributed by atoms with E-state index in [0.29, 0.717) is 18.3 Å². The fourth-order valence-corrected chi connectivity index (χ4v) is 3.39.